The lowest BCUT2D eigenvalue weighted by Crippen LogP contribution is -2.42. The van der Waals surface area contributed by atoms with Crippen LogP contribution in [-0.2, 0) is 11.2 Å². The summed E-state index contributed by atoms with van der Waals surface area (Å²) >= 11 is 0. The van der Waals surface area contributed by atoms with E-state index in [4.69, 9.17) is 4.74 Å². The van der Waals surface area contributed by atoms with Crippen LogP contribution in [0.2, 0.25) is 0 Å². The molecule has 2 aliphatic heterocycles. The minimum absolute atomic E-state index is 0.0523. The molecule has 0 amide bonds. The monoisotopic (exact) mass is 376 g/mol. The van der Waals surface area contributed by atoms with Crippen molar-refractivity contribution in [2.24, 2.45) is 11.8 Å². The summed E-state index contributed by atoms with van der Waals surface area (Å²) in [6.07, 6.45) is 5.89. The molecule has 0 unspecified atom stereocenters. The second-order valence-corrected chi connectivity index (χ2v) is 9.35. The van der Waals surface area contributed by atoms with Crippen molar-refractivity contribution in [3.63, 3.8) is 0 Å². The Hall–Kier alpha value is -0.970. The Balaban J connectivity index is 1.34. The number of ether oxygens (including phenoxy) is 1. The Labute approximate surface area is 164 Å². The highest BCUT2D eigenvalue weighted by Crippen LogP contribution is 2.29. The molecule has 152 valence electrons. The van der Waals surface area contributed by atoms with E-state index in [-0.39, 0.29) is 11.4 Å². The summed E-state index contributed by atoms with van der Waals surface area (Å²) in [5.74, 6) is 1.46. The van der Waals surface area contributed by atoms with Crippen LogP contribution in [0.15, 0.2) is 24.3 Å². The van der Waals surface area contributed by atoms with Gasteiger partial charge in [-0.2, -0.15) is 0 Å². The predicted molar refractivity (Wildman–Crippen MR) is 110 cm³/mol. The standard InChI is InChI=1S/C23H37FN2O/c1-23(2)16-21(10-14-27-23)18-25(3)17-20-8-12-26(13-9-20)11-7-19-5-4-6-22(24)15-19/h4-6,15,20-21H,7-14,16-18H2,1-3H3/t21-/m0/s1. The molecule has 3 nitrogen and oxygen atoms in total. The van der Waals surface area contributed by atoms with Crippen LogP contribution >= 0.6 is 0 Å². The first kappa shape index (κ1) is 20.8. The van der Waals surface area contributed by atoms with Gasteiger partial charge in [-0.3, -0.25) is 0 Å². The lowest BCUT2D eigenvalue weighted by atomic mass is 9.87. The maximum atomic E-state index is 13.3. The van der Waals surface area contributed by atoms with Crippen LogP contribution in [0.25, 0.3) is 0 Å². The quantitative estimate of drug-likeness (QED) is 0.709. The van der Waals surface area contributed by atoms with Gasteiger partial charge < -0.3 is 14.5 Å². The smallest absolute Gasteiger partial charge is 0.123 e. The predicted octanol–water partition coefficient (Wildman–Crippen LogP) is 4.22. The molecule has 3 rings (SSSR count). The first-order chi connectivity index (χ1) is 12.9. The van der Waals surface area contributed by atoms with Gasteiger partial charge in [-0.15, -0.1) is 0 Å². The molecule has 0 aliphatic carbocycles. The first-order valence-corrected chi connectivity index (χ1v) is 10.7. The molecule has 2 saturated heterocycles. The topological polar surface area (TPSA) is 15.7 Å². The normalized spacial score (nSPS) is 24.4. The number of likely N-dealkylation sites (tertiary alicyclic amines) is 1. The van der Waals surface area contributed by atoms with Crippen LogP contribution in [0.4, 0.5) is 4.39 Å². The van der Waals surface area contributed by atoms with Gasteiger partial charge in [0.15, 0.2) is 0 Å². The molecule has 2 aliphatic rings. The number of piperidine rings is 1. The van der Waals surface area contributed by atoms with E-state index in [1.165, 1.54) is 57.9 Å². The van der Waals surface area contributed by atoms with Crippen LogP contribution in [0.1, 0.15) is 45.1 Å². The number of halogens is 1. The Bertz CT molecular complexity index is 583. The maximum Gasteiger partial charge on any atom is 0.123 e. The number of hydrogen-bond acceptors (Lipinski definition) is 3. The second kappa shape index (κ2) is 9.49. The van der Waals surface area contributed by atoms with E-state index in [1.54, 1.807) is 6.07 Å². The molecule has 27 heavy (non-hydrogen) atoms. The van der Waals surface area contributed by atoms with E-state index in [0.717, 1.165) is 37.0 Å². The highest BCUT2D eigenvalue weighted by Gasteiger charge is 2.30. The number of benzene rings is 1. The molecular weight excluding hydrogens is 339 g/mol. The summed E-state index contributed by atoms with van der Waals surface area (Å²) < 4.78 is 19.1. The van der Waals surface area contributed by atoms with Crippen molar-refractivity contribution < 1.29 is 9.13 Å². The van der Waals surface area contributed by atoms with E-state index in [0.29, 0.717) is 0 Å². The summed E-state index contributed by atoms with van der Waals surface area (Å²) in [5, 5.41) is 0. The summed E-state index contributed by atoms with van der Waals surface area (Å²) in [6.45, 7) is 11.2. The van der Waals surface area contributed by atoms with E-state index in [9.17, 15) is 4.39 Å². The van der Waals surface area contributed by atoms with Crippen molar-refractivity contribution in [3.05, 3.63) is 35.6 Å². The molecule has 0 bridgehead atoms. The van der Waals surface area contributed by atoms with Crippen LogP contribution in [0.3, 0.4) is 0 Å². The van der Waals surface area contributed by atoms with Gasteiger partial charge in [0.2, 0.25) is 0 Å². The minimum atomic E-state index is -0.123. The Morgan fingerprint density at radius 2 is 1.89 bits per heavy atom. The molecule has 1 aromatic rings. The lowest BCUT2D eigenvalue weighted by molar-refractivity contribution is -0.0764. The Kier molecular flexibility index (Phi) is 7.29. The number of nitrogens with zero attached hydrogens (tertiary/aromatic N) is 2. The van der Waals surface area contributed by atoms with Gasteiger partial charge in [0.25, 0.3) is 0 Å². The van der Waals surface area contributed by atoms with Crippen LogP contribution in [-0.4, -0.2) is 61.8 Å². The molecule has 0 aromatic heterocycles. The number of hydrogen-bond donors (Lipinski definition) is 0. The molecule has 0 spiro atoms. The molecule has 4 heteroatoms. The fourth-order valence-corrected chi connectivity index (χ4v) is 4.84. The Morgan fingerprint density at radius 3 is 2.59 bits per heavy atom. The van der Waals surface area contributed by atoms with E-state index < -0.39 is 0 Å². The van der Waals surface area contributed by atoms with Crippen LogP contribution < -0.4 is 0 Å². The summed E-state index contributed by atoms with van der Waals surface area (Å²) in [7, 11) is 2.29. The molecule has 2 fully saturated rings. The van der Waals surface area contributed by atoms with Gasteiger partial charge >= 0.3 is 0 Å². The summed E-state index contributed by atoms with van der Waals surface area (Å²) in [6, 6.07) is 7.03. The zero-order valence-electron chi connectivity index (χ0n) is 17.4. The summed E-state index contributed by atoms with van der Waals surface area (Å²) in [4.78, 5) is 5.10. The fourth-order valence-electron chi connectivity index (χ4n) is 4.84. The van der Waals surface area contributed by atoms with Crippen molar-refractivity contribution in [2.75, 3.05) is 46.4 Å². The molecule has 1 aromatic carbocycles. The van der Waals surface area contributed by atoms with Crippen LogP contribution in [0, 0.1) is 17.7 Å². The highest BCUT2D eigenvalue weighted by atomic mass is 19.1. The molecular formula is C23H37FN2O. The molecule has 0 N–H and O–H groups in total. The van der Waals surface area contributed by atoms with Gasteiger partial charge in [0.1, 0.15) is 5.82 Å². The van der Waals surface area contributed by atoms with E-state index in [2.05, 4.69) is 30.7 Å². The van der Waals surface area contributed by atoms with Gasteiger partial charge in [-0.1, -0.05) is 12.1 Å². The molecule has 2 heterocycles. The fraction of sp³-hybridized carbons (Fsp3) is 0.739. The Morgan fingerprint density at radius 1 is 1.15 bits per heavy atom. The van der Waals surface area contributed by atoms with Crippen molar-refractivity contribution in [1.29, 1.82) is 0 Å². The molecule has 1 atom stereocenters. The highest BCUT2D eigenvalue weighted by molar-refractivity contribution is 5.16. The van der Waals surface area contributed by atoms with Gasteiger partial charge in [-0.25, -0.2) is 4.39 Å². The third-order valence-corrected chi connectivity index (χ3v) is 6.25. The van der Waals surface area contributed by atoms with E-state index >= 15 is 0 Å². The van der Waals surface area contributed by atoms with Crippen molar-refractivity contribution in [2.45, 2.75) is 51.6 Å². The van der Waals surface area contributed by atoms with Crippen molar-refractivity contribution >= 4 is 0 Å². The minimum Gasteiger partial charge on any atom is -0.376 e. The van der Waals surface area contributed by atoms with Crippen molar-refractivity contribution in [1.82, 2.24) is 9.80 Å². The second-order valence-electron chi connectivity index (χ2n) is 9.35. The lowest BCUT2D eigenvalue weighted by Gasteiger charge is -2.38. The number of rotatable bonds is 7. The third kappa shape index (κ3) is 6.85. The van der Waals surface area contributed by atoms with Gasteiger partial charge in [-0.05, 0) is 95.6 Å². The third-order valence-electron chi connectivity index (χ3n) is 6.25. The zero-order valence-corrected chi connectivity index (χ0v) is 17.4. The van der Waals surface area contributed by atoms with Crippen LogP contribution in [0.5, 0.6) is 0 Å². The van der Waals surface area contributed by atoms with E-state index in [1.807, 2.05) is 12.1 Å². The summed E-state index contributed by atoms with van der Waals surface area (Å²) in [5.41, 5.74) is 1.16. The van der Waals surface area contributed by atoms with Crippen molar-refractivity contribution in [3.8, 4) is 0 Å². The maximum absolute atomic E-state index is 13.3. The zero-order chi connectivity index (χ0) is 19.3. The molecule has 0 saturated carbocycles. The molecule has 0 radical (unpaired) electrons. The first-order valence-electron chi connectivity index (χ1n) is 10.7. The largest absolute Gasteiger partial charge is 0.376 e. The average Bonchev–Trinajstić information content (AvgIpc) is 2.60. The van der Waals surface area contributed by atoms with Gasteiger partial charge in [0.05, 0.1) is 5.60 Å². The average molecular weight is 377 g/mol. The van der Waals surface area contributed by atoms with Gasteiger partial charge in [0, 0.05) is 26.2 Å². The SMILES string of the molecule is CN(CC1CCN(CCc2cccc(F)c2)CC1)C[C@H]1CCOC(C)(C)C1.